The van der Waals surface area contributed by atoms with Crippen molar-refractivity contribution in [3.63, 3.8) is 0 Å². The van der Waals surface area contributed by atoms with Gasteiger partial charge in [0.05, 0.1) is 12.4 Å². The maximum absolute atomic E-state index is 4.57. The van der Waals surface area contributed by atoms with E-state index >= 15 is 0 Å². The number of hydrogen-bond donors (Lipinski definition) is 1. The number of hydrogen-bond acceptors (Lipinski definition) is 5. The van der Waals surface area contributed by atoms with Crippen LogP contribution in [0.4, 0.5) is 11.6 Å². The van der Waals surface area contributed by atoms with E-state index in [1.54, 1.807) is 17.5 Å². The van der Waals surface area contributed by atoms with Gasteiger partial charge in [0, 0.05) is 25.0 Å². The van der Waals surface area contributed by atoms with Gasteiger partial charge in [-0.3, -0.25) is 4.98 Å². The van der Waals surface area contributed by atoms with Crippen molar-refractivity contribution in [2.45, 2.75) is 19.8 Å². The first-order chi connectivity index (χ1) is 9.29. The molecule has 0 aliphatic carbocycles. The fourth-order valence-electron chi connectivity index (χ4n) is 1.73. The Kier molecular flexibility index (Phi) is 5.15. The van der Waals surface area contributed by atoms with Gasteiger partial charge in [0.25, 0.3) is 0 Å². The quantitative estimate of drug-likeness (QED) is 0.844. The average Bonchev–Trinajstić information content (AvgIpc) is 2.96. The third kappa shape index (κ3) is 4.21. The standard InChI is InChI=1S/C14H20N4S/c1-3-7-16-13-10-15-11-14(17-13)18(2)8-6-12-5-4-9-19-12/h4-5,9-11H,3,6-8H2,1-2H3,(H,16,17). The highest BCUT2D eigenvalue weighted by molar-refractivity contribution is 7.09. The summed E-state index contributed by atoms with van der Waals surface area (Å²) in [6.45, 7) is 4.01. The number of rotatable bonds is 7. The Bertz CT molecular complexity index is 484. The monoisotopic (exact) mass is 276 g/mol. The van der Waals surface area contributed by atoms with Crippen LogP contribution in [-0.4, -0.2) is 30.1 Å². The predicted molar refractivity (Wildman–Crippen MR) is 82.1 cm³/mol. The lowest BCUT2D eigenvalue weighted by Crippen LogP contribution is -2.21. The van der Waals surface area contributed by atoms with Crippen molar-refractivity contribution in [3.8, 4) is 0 Å². The molecule has 1 N–H and O–H groups in total. The summed E-state index contributed by atoms with van der Waals surface area (Å²) in [6.07, 6.45) is 5.71. The molecule has 2 aromatic heterocycles. The molecule has 2 aromatic rings. The molecule has 0 amide bonds. The minimum atomic E-state index is 0.849. The van der Waals surface area contributed by atoms with Gasteiger partial charge in [-0.25, -0.2) is 4.98 Å². The van der Waals surface area contributed by atoms with Crippen molar-refractivity contribution in [1.82, 2.24) is 9.97 Å². The van der Waals surface area contributed by atoms with E-state index in [-0.39, 0.29) is 0 Å². The van der Waals surface area contributed by atoms with Crippen molar-refractivity contribution in [2.24, 2.45) is 0 Å². The molecular formula is C14H20N4S. The second-order valence-electron chi connectivity index (χ2n) is 4.44. The Hall–Kier alpha value is -1.62. The van der Waals surface area contributed by atoms with E-state index in [2.05, 4.69) is 51.7 Å². The maximum Gasteiger partial charge on any atom is 0.149 e. The lowest BCUT2D eigenvalue weighted by Gasteiger charge is -2.18. The van der Waals surface area contributed by atoms with E-state index in [4.69, 9.17) is 0 Å². The van der Waals surface area contributed by atoms with E-state index in [0.717, 1.165) is 37.6 Å². The molecule has 0 aromatic carbocycles. The van der Waals surface area contributed by atoms with Gasteiger partial charge in [0.1, 0.15) is 11.6 Å². The minimum absolute atomic E-state index is 0.849. The molecule has 5 heteroatoms. The molecule has 0 saturated carbocycles. The largest absolute Gasteiger partial charge is 0.369 e. The summed E-state index contributed by atoms with van der Waals surface area (Å²) in [4.78, 5) is 12.4. The molecule has 0 unspecified atom stereocenters. The van der Waals surface area contributed by atoms with Crippen LogP contribution in [0.2, 0.25) is 0 Å². The molecule has 2 rings (SSSR count). The van der Waals surface area contributed by atoms with Crippen LogP contribution in [0.25, 0.3) is 0 Å². The maximum atomic E-state index is 4.57. The summed E-state index contributed by atoms with van der Waals surface area (Å²) in [5.74, 6) is 1.76. The van der Waals surface area contributed by atoms with Gasteiger partial charge < -0.3 is 10.2 Å². The topological polar surface area (TPSA) is 41.1 Å². The van der Waals surface area contributed by atoms with Crippen molar-refractivity contribution >= 4 is 23.0 Å². The summed E-state index contributed by atoms with van der Waals surface area (Å²) >= 11 is 1.80. The number of anilines is 2. The molecule has 102 valence electrons. The smallest absolute Gasteiger partial charge is 0.149 e. The molecule has 0 aliphatic rings. The van der Waals surface area contributed by atoms with Crippen LogP contribution in [0.3, 0.4) is 0 Å². The van der Waals surface area contributed by atoms with E-state index in [1.165, 1.54) is 4.88 Å². The van der Waals surface area contributed by atoms with Gasteiger partial charge in [0.15, 0.2) is 0 Å². The van der Waals surface area contributed by atoms with Gasteiger partial charge in [-0.1, -0.05) is 13.0 Å². The molecule has 0 fully saturated rings. The summed E-state index contributed by atoms with van der Waals surface area (Å²) < 4.78 is 0. The van der Waals surface area contributed by atoms with Gasteiger partial charge in [-0.2, -0.15) is 0 Å². The molecule has 0 aliphatic heterocycles. The van der Waals surface area contributed by atoms with Crippen LogP contribution < -0.4 is 10.2 Å². The highest BCUT2D eigenvalue weighted by Crippen LogP contribution is 2.14. The first-order valence-corrected chi connectivity index (χ1v) is 7.47. The highest BCUT2D eigenvalue weighted by Gasteiger charge is 2.05. The fraction of sp³-hybridized carbons (Fsp3) is 0.429. The summed E-state index contributed by atoms with van der Waals surface area (Å²) in [5, 5.41) is 5.38. The fourth-order valence-corrected chi connectivity index (χ4v) is 2.42. The Morgan fingerprint density at radius 1 is 1.37 bits per heavy atom. The SMILES string of the molecule is CCCNc1cncc(N(C)CCc2cccs2)n1. The van der Waals surface area contributed by atoms with Crippen molar-refractivity contribution < 1.29 is 0 Å². The molecule has 0 atom stereocenters. The van der Waals surface area contributed by atoms with Crippen LogP contribution in [0.1, 0.15) is 18.2 Å². The number of thiophene rings is 1. The second kappa shape index (κ2) is 7.09. The van der Waals surface area contributed by atoms with Gasteiger partial charge in [-0.15, -0.1) is 11.3 Å². The molecule has 2 heterocycles. The molecule has 4 nitrogen and oxygen atoms in total. The van der Waals surface area contributed by atoms with Crippen LogP contribution >= 0.6 is 11.3 Å². The molecule has 0 saturated heterocycles. The van der Waals surface area contributed by atoms with E-state index in [1.807, 2.05) is 6.20 Å². The molecule has 0 bridgehead atoms. The number of nitrogens with zero attached hydrogens (tertiary/aromatic N) is 3. The molecular weight excluding hydrogens is 256 g/mol. The zero-order chi connectivity index (χ0) is 13.5. The Morgan fingerprint density at radius 2 is 2.26 bits per heavy atom. The van der Waals surface area contributed by atoms with Crippen LogP contribution in [0.15, 0.2) is 29.9 Å². The van der Waals surface area contributed by atoms with Crippen molar-refractivity contribution in [2.75, 3.05) is 30.4 Å². The Balaban J connectivity index is 1.92. The zero-order valence-corrected chi connectivity index (χ0v) is 12.3. The normalized spacial score (nSPS) is 10.4. The molecule has 0 radical (unpaired) electrons. The zero-order valence-electron chi connectivity index (χ0n) is 11.5. The average molecular weight is 276 g/mol. The van der Waals surface area contributed by atoms with Crippen molar-refractivity contribution in [3.05, 3.63) is 34.8 Å². The van der Waals surface area contributed by atoms with Crippen LogP contribution in [-0.2, 0) is 6.42 Å². The lowest BCUT2D eigenvalue weighted by atomic mass is 10.3. The first kappa shape index (κ1) is 13.8. The number of aromatic nitrogens is 2. The van der Waals surface area contributed by atoms with Crippen LogP contribution in [0.5, 0.6) is 0 Å². The first-order valence-electron chi connectivity index (χ1n) is 6.59. The third-order valence-corrected chi connectivity index (χ3v) is 3.78. The van der Waals surface area contributed by atoms with E-state index < -0.39 is 0 Å². The Labute approximate surface area is 118 Å². The van der Waals surface area contributed by atoms with Gasteiger partial charge in [-0.05, 0) is 24.3 Å². The predicted octanol–water partition coefficient (Wildman–Crippen LogP) is 3.04. The van der Waals surface area contributed by atoms with Gasteiger partial charge in [0.2, 0.25) is 0 Å². The van der Waals surface area contributed by atoms with E-state index in [9.17, 15) is 0 Å². The van der Waals surface area contributed by atoms with Crippen molar-refractivity contribution in [1.29, 1.82) is 0 Å². The highest BCUT2D eigenvalue weighted by atomic mass is 32.1. The third-order valence-electron chi connectivity index (χ3n) is 2.84. The summed E-state index contributed by atoms with van der Waals surface area (Å²) in [5.41, 5.74) is 0. The molecule has 19 heavy (non-hydrogen) atoms. The number of likely N-dealkylation sites (N-methyl/N-ethyl adjacent to an activating group) is 1. The summed E-state index contributed by atoms with van der Waals surface area (Å²) in [6, 6.07) is 4.26. The Morgan fingerprint density at radius 3 is 3.00 bits per heavy atom. The second-order valence-corrected chi connectivity index (χ2v) is 5.47. The molecule has 0 spiro atoms. The van der Waals surface area contributed by atoms with Crippen LogP contribution in [0, 0.1) is 0 Å². The lowest BCUT2D eigenvalue weighted by molar-refractivity contribution is 0.861. The van der Waals surface area contributed by atoms with E-state index in [0.29, 0.717) is 0 Å². The van der Waals surface area contributed by atoms with Gasteiger partial charge >= 0.3 is 0 Å². The minimum Gasteiger partial charge on any atom is -0.369 e. The summed E-state index contributed by atoms with van der Waals surface area (Å²) in [7, 11) is 2.06. The number of nitrogens with one attached hydrogen (secondary N) is 1.